The number of anilines is 3. The van der Waals surface area contributed by atoms with E-state index in [0.29, 0.717) is 35.1 Å². The van der Waals surface area contributed by atoms with Gasteiger partial charge < -0.3 is 15.1 Å². The van der Waals surface area contributed by atoms with Gasteiger partial charge in [-0.3, -0.25) is 14.4 Å². The standard InChI is InChI=1S/C35H47N7O2S/c1-34(2)18-23-5-4-11-36-28-6-3-7-30(37-28)45-39-32(43)27-8-9-29(38-31(27)42(34)22-23)41-14-13-40(33(41)44)12-10-35-19-24-15-25(20-35)17-26(16-24)21-35/h3,6-9,23-26H,4-5,10-22H2,1-2H3,(H,36,37)(H,39,43)/t23-,24?,25?,26?,35?/m0/s1. The molecular formula is C35H47N7O2S. The summed E-state index contributed by atoms with van der Waals surface area (Å²) in [4.78, 5) is 43.5. The Kier molecular flexibility index (Phi) is 7.42. The number of amides is 3. The highest BCUT2D eigenvalue weighted by Gasteiger charge is 2.51. The number of aromatic nitrogens is 2. The molecule has 7 aliphatic rings. The smallest absolute Gasteiger partial charge is 0.325 e. The van der Waals surface area contributed by atoms with Gasteiger partial charge in [0.15, 0.2) is 0 Å². The maximum atomic E-state index is 13.8. The van der Waals surface area contributed by atoms with Crippen molar-refractivity contribution in [2.75, 3.05) is 47.8 Å². The predicted molar refractivity (Wildman–Crippen MR) is 179 cm³/mol. The van der Waals surface area contributed by atoms with E-state index < -0.39 is 0 Å². The van der Waals surface area contributed by atoms with E-state index >= 15 is 0 Å². The van der Waals surface area contributed by atoms with E-state index in [-0.39, 0.29) is 17.5 Å². The van der Waals surface area contributed by atoms with Crippen LogP contribution in [0.1, 0.15) is 88.4 Å². The summed E-state index contributed by atoms with van der Waals surface area (Å²) in [6.45, 7) is 8.42. The molecule has 3 aliphatic heterocycles. The molecule has 2 aromatic heterocycles. The van der Waals surface area contributed by atoms with E-state index in [4.69, 9.17) is 4.98 Å². The molecule has 9 rings (SSSR count). The van der Waals surface area contributed by atoms with Crippen molar-refractivity contribution >= 4 is 41.3 Å². The molecular weight excluding hydrogens is 582 g/mol. The Balaban J connectivity index is 1.03. The number of pyridine rings is 2. The lowest BCUT2D eigenvalue weighted by Crippen LogP contribution is -2.47. The van der Waals surface area contributed by atoms with Gasteiger partial charge in [-0.15, -0.1) is 0 Å². The fraction of sp³-hybridized carbons (Fsp3) is 0.657. The Morgan fingerprint density at radius 2 is 1.71 bits per heavy atom. The van der Waals surface area contributed by atoms with Gasteiger partial charge in [-0.1, -0.05) is 6.07 Å². The van der Waals surface area contributed by atoms with E-state index in [1.807, 2.05) is 35.2 Å². The molecule has 5 heterocycles. The molecule has 10 heteroatoms. The first-order valence-corrected chi connectivity index (χ1v) is 18.1. The SMILES string of the molecule is CC1(C)C[C@@H]2CCCNc3cccc(n3)SNC(=O)c3ccc(N4CCN(CCC56CC7CC(CC(C7)C5)C6)C4=O)nc3N1C2. The summed E-state index contributed by atoms with van der Waals surface area (Å²) in [7, 11) is 0. The van der Waals surface area contributed by atoms with E-state index in [1.165, 1.54) is 50.5 Å². The summed E-state index contributed by atoms with van der Waals surface area (Å²) in [5.74, 6) is 5.23. The molecule has 9 nitrogen and oxygen atoms in total. The van der Waals surface area contributed by atoms with E-state index in [9.17, 15) is 9.59 Å². The van der Waals surface area contributed by atoms with Gasteiger partial charge in [-0.25, -0.2) is 14.8 Å². The van der Waals surface area contributed by atoms with Gasteiger partial charge in [0.1, 0.15) is 22.5 Å². The third kappa shape index (κ3) is 5.65. The lowest BCUT2D eigenvalue weighted by atomic mass is 9.49. The van der Waals surface area contributed by atoms with Crippen molar-refractivity contribution in [1.82, 2.24) is 19.6 Å². The number of nitrogens with zero attached hydrogens (tertiary/aromatic N) is 5. The molecule has 0 unspecified atom stereocenters. The normalized spacial score (nSPS) is 32.2. The quantitative estimate of drug-likeness (QED) is 0.370. The van der Waals surface area contributed by atoms with Gasteiger partial charge in [0.2, 0.25) is 0 Å². The zero-order valence-corrected chi connectivity index (χ0v) is 27.6. The maximum absolute atomic E-state index is 13.8. The molecule has 8 bridgehead atoms. The lowest BCUT2D eigenvalue weighted by Gasteiger charge is -2.57. The molecule has 240 valence electrons. The number of urea groups is 1. The minimum atomic E-state index is -0.201. The highest BCUT2D eigenvalue weighted by Crippen LogP contribution is 2.61. The van der Waals surface area contributed by atoms with Crippen LogP contribution in [0, 0.1) is 29.1 Å². The summed E-state index contributed by atoms with van der Waals surface area (Å²) in [5, 5.41) is 4.17. The first-order valence-electron chi connectivity index (χ1n) is 17.3. The Bertz CT molecular complexity index is 1440. The molecule has 4 aliphatic carbocycles. The maximum Gasteiger partial charge on any atom is 0.325 e. The number of nitrogens with one attached hydrogen (secondary N) is 2. The lowest BCUT2D eigenvalue weighted by molar-refractivity contribution is -0.0592. The Morgan fingerprint density at radius 1 is 0.933 bits per heavy atom. The van der Waals surface area contributed by atoms with Gasteiger partial charge in [-0.05, 0) is 131 Å². The monoisotopic (exact) mass is 629 g/mol. The fourth-order valence-corrected chi connectivity index (χ4v) is 10.8. The fourth-order valence-electron chi connectivity index (χ4n) is 10.2. The number of carbonyl (C=O) groups excluding carboxylic acids is 2. The van der Waals surface area contributed by atoms with Crippen LogP contribution in [0.3, 0.4) is 0 Å². The molecule has 1 atom stereocenters. The van der Waals surface area contributed by atoms with Crippen molar-refractivity contribution in [2.45, 2.75) is 88.6 Å². The topological polar surface area (TPSA) is 93.7 Å². The number of fused-ring (bicyclic) bond motifs is 6. The van der Waals surface area contributed by atoms with Gasteiger partial charge in [0.05, 0.1) is 5.56 Å². The van der Waals surface area contributed by atoms with Crippen LogP contribution in [0.5, 0.6) is 0 Å². The summed E-state index contributed by atoms with van der Waals surface area (Å²) in [5.41, 5.74) is 0.841. The molecule has 2 saturated heterocycles. The van der Waals surface area contributed by atoms with Crippen LogP contribution in [-0.2, 0) is 0 Å². The van der Waals surface area contributed by atoms with Gasteiger partial charge >= 0.3 is 6.03 Å². The van der Waals surface area contributed by atoms with E-state index in [1.54, 1.807) is 0 Å². The average Bonchev–Trinajstić information content (AvgIpc) is 3.53. The average molecular weight is 630 g/mol. The van der Waals surface area contributed by atoms with Crippen LogP contribution in [0.25, 0.3) is 0 Å². The predicted octanol–water partition coefficient (Wildman–Crippen LogP) is 6.57. The third-order valence-corrected chi connectivity index (χ3v) is 12.6. The van der Waals surface area contributed by atoms with Crippen molar-refractivity contribution < 1.29 is 9.59 Å². The van der Waals surface area contributed by atoms with Crippen LogP contribution in [-0.4, -0.2) is 65.1 Å². The van der Waals surface area contributed by atoms with Gasteiger partial charge in [-0.2, -0.15) is 0 Å². The zero-order valence-electron chi connectivity index (χ0n) is 26.8. The highest BCUT2D eigenvalue weighted by molar-refractivity contribution is 7.97. The third-order valence-electron chi connectivity index (χ3n) is 11.8. The van der Waals surface area contributed by atoms with Crippen molar-refractivity contribution in [2.24, 2.45) is 29.1 Å². The summed E-state index contributed by atoms with van der Waals surface area (Å²) < 4.78 is 3.01. The molecule has 0 spiro atoms. The summed E-state index contributed by atoms with van der Waals surface area (Å²) in [6, 6.07) is 9.61. The summed E-state index contributed by atoms with van der Waals surface area (Å²) in [6.07, 6.45) is 12.8. The van der Waals surface area contributed by atoms with Crippen LogP contribution >= 0.6 is 11.9 Å². The Hall–Kier alpha value is -3.01. The molecule has 2 aromatic rings. The molecule has 2 N–H and O–H groups in total. The number of hydrogen-bond acceptors (Lipinski definition) is 7. The van der Waals surface area contributed by atoms with Crippen LogP contribution in [0.4, 0.5) is 22.2 Å². The molecule has 3 amide bonds. The first kappa shape index (κ1) is 29.4. The Morgan fingerprint density at radius 3 is 2.49 bits per heavy atom. The Labute approximate surface area is 271 Å². The van der Waals surface area contributed by atoms with Crippen LogP contribution in [0.2, 0.25) is 0 Å². The van der Waals surface area contributed by atoms with Crippen molar-refractivity contribution in [3.63, 3.8) is 0 Å². The largest absolute Gasteiger partial charge is 0.370 e. The van der Waals surface area contributed by atoms with Crippen molar-refractivity contribution in [3.8, 4) is 0 Å². The minimum absolute atomic E-state index is 0.0568. The van der Waals surface area contributed by atoms with Crippen LogP contribution in [0.15, 0.2) is 35.4 Å². The molecule has 0 radical (unpaired) electrons. The molecule has 6 fully saturated rings. The second-order valence-electron chi connectivity index (χ2n) is 15.6. The minimum Gasteiger partial charge on any atom is -0.370 e. The summed E-state index contributed by atoms with van der Waals surface area (Å²) >= 11 is 1.22. The highest BCUT2D eigenvalue weighted by atomic mass is 32.2. The second kappa shape index (κ2) is 11.4. The van der Waals surface area contributed by atoms with E-state index in [0.717, 1.165) is 80.5 Å². The molecule has 0 aromatic carbocycles. The molecule has 4 saturated carbocycles. The molecule has 45 heavy (non-hydrogen) atoms. The van der Waals surface area contributed by atoms with Gasteiger partial charge in [0, 0.05) is 50.2 Å². The first-order chi connectivity index (χ1) is 21.7. The van der Waals surface area contributed by atoms with Crippen molar-refractivity contribution in [3.05, 3.63) is 35.9 Å². The number of carbonyl (C=O) groups is 2. The number of rotatable bonds is 4. The van der Waals surface area contributed by atoms with E-state index in [2.05, 4.69) is 38.7 Å². The van der Waals surface area contributed by atoms with Crippen molar-refractivity contribution in [1.29, 1.82) is 0 Å². The number of hydrogen-bond donors (Lipinski definition) is 2. The second-order valence-corrected chi connectivity index (χ2v) is 16.4. The zero-order chi connectivity index (χ0) is 30.8. The van der Waals surface area contributed by atoms with Gasteiger partial charge in [0.25, 0.3) is 5.91 Å². The van der Waals surface area contributed by atoms with Crippen LogP contribution < -0.4 is 19.8 Å².